The van der Waals surface area contributed by atoms with Gasteiger partial charge in [-0.2, -0.15) is 0 Å². The molecule has 1 heterocycles. The summed E-state index contributed by atoms with van der Waals surface area (Å²) in [6.45, 7) is 8.55. The van der Waals surface area contributed by atoms with Crippen molar-refractivity contribution in [1.82, 2.24) is 10.2 Å². The Balaban J connectivity index is 1.85. The fraction of sp³-hybridized carbons (Fsp3) is 0.632. The first kappa shape index (κ1) is 20.2. The molecule has 140 valence electrons. The number of morpholine rings is 1. The zero-order chi connectivity index (χ0) is 18.1. The molecular weight excluding hydrogens is 384 g/mol. The van der Waals surface area contributed by atoms with E-state index >= 15 is 0 Å². The second-order valence-corrected chi connectivity index (χ2v) is 7.17. The zero-order valence-electron chi connectivity index (χ0n) is 15.2. The van der Waals surface area contributed by atoms with Crippen molar-refractivity contribution in [3.63, 3.8) is 0 Å². The highest BCUT2D eigenvalue weighted by atomic mass is 79.9. The molecule has 1 N–H and O–H groups in total. The summed E-state index contributed by atoms with van der Waals surface area (Å²) < 4.78 is 11.9. The molecule has 0 saturated carbocycles. The van der Waals surface area contributed by atoms with Crippen molar-refractivity contribution in [2.24, 2.45) is 5.92 Å². The summed E-state index contributed by atoms with van der Waals surface area (Å²) >= 11 is 3.42. The molecule has 1 aromatic carbocycles. The average Bonchev–Trinajstić information content (AvgIpc) is 2.65. The summed E-state index contributed by atoms with van der Waals surface area (Å²) in [5.74, 6) is 1.17. The Morgan fingerprint density at radius 2 is 1.96 bits per heavy atom. The van der Waals surface area contributed by atoms with E-state index in [9.17, 15) is 4.79 Å². The number of benzene rings is 1. The quantitative estimate of drug-likeness (QED) is 0.676. The van der Waals surface area contributed by atoms with E-state index in [1.165, 1.54) is 0 Å². The summed E-state index contributed by atoms with van der Waals surface area (Å²) in [5.41, 5.74) is 0. The molecule has 0 spiro atoms. The Kier molecular flexibility index (Phi) is 8.72. The number of hydrogen-bond donors (Lipinski definition) is 1. The number of ether oxygens (including phenoxy) is 2. The van der Waals surface area contributed by atoms with E-state index < -0.39 is 0 Å². The lowest BCUT2D eigenvalue weighted by Gasteiger charge is -2.38. The molecule has 1 unspecified atom stereocenters. The van der Waals surface area contributed by atoms with Crippen LogP contribution in [0.1, 0.15) is 26.7 Å². The number of nitrogens with zero attached hydrogens (tertiary/aromatic N) is 1. The number of para-hydroxylation sites is 1. The van der Waals surface area contributed by atoms with Crippen LogP contribution < -0.4 is 10.1 Å². The molecule has 5 nitrogen and oxygen atoms in total. The van der Waals surface area contributed by atoms with Gasteiger partial charge in [0.1, 0.15) is 5.75 Å². The van der Waals surface area contributed by atoms with Crippen LogP contribution in [0.5, 0.6) is 5.75 Å². The highest BCUT2D eigenvalue weighted by Gasteiger charge is 2.27. The number of halogens is 1. The SMILES string of the molecule is CCC(CC)C(CNC(=O)COc1ccccc1Br)N1CCOCC1. The van der Waals surface area contributed by atoms with Crippen LogP contribution in [0.4, 0.5) is 0 Å². The number of amides is 1. The first-order chi connectivity index (χ1) is 12.2. The Hall–Kier alpha value is -1.11. The molecule has 0 radical (unpaired) electrons. The number of carbonyl (C=O) groups excluding carboxylic acids is 1. The minimum Gasteiger partial charge on any atom is -0.483 e. The lowest BCUT2D eigenvalue weighted by atomic mass is 9.92. The Morgan fingerprint density at radius 3 is 2.60 bits per heavy atom. The molecule has 1 atom stereocenters. The Bertz CT molecular complexity index is 531. The molecule has 0 bridgehead atoms. The summed E-state index contributed by atoms with van der Waals surface area (Å²) in [6.07, 6.45) is 2.23. The highest BCUT2D eigenvalue weighted by Crippen LogP contribution is 2.23. The predicted molar refractivity (Wildman–Crippen MR) is 103 cm³/mol. The van der Waals surface area contributed by atoms with E-state index in [0.29, 0.717) is 24.3 Å². The number of hydrogen-bond acceptors (Lipinski definition) is 4. The van der Waals surface area contributed by atoms with E-state index in [-0.39, 0.29) is 12.5 Å². The smallest absolute Gasteiger partial charge is 0.257 e. The fourth-order valence-electron chi connectivity index (χ4n) is 3.31. The average molecular weight is 413 g/mol. The number of carbonyl (C=O) groups is 1. The van der Waals surface area contributed by atoms with E-state index in [4.69, 9.17) is 9.47 Å². The van der Waals surface area contributed by atoms with Gasteiger partial charge in [-0.1, -0.05) is 38.8 Å². The molecule has 1 aromatic rings. The van der Waals surface area contributed by atoms with Crippen LogP contribution in [0.25, 0.3) is 0 Å². The van der Waals surface area contributed by atoms with Gasteiger partial charge in [0.25, 0.3) is 5.91 Å². The molecule has 6 heteroatoms. The van der Waals surface area contributed by atoms with Crippen molar-refractivity contribution >= 4 is 21.8 Å². The molecule has 0 aliphatic carbocycles. The predicted octanol–water partition coefficient (Wildman–Crippen LogP) is 3.08. The van der Waals surface area contributed by atoms with Crippen LogP contribution in [0.2, 0.25) is 0 Å². The third-order valence-corrected chi connectivity index (χ3v) is 5.47. The minimum atomic E-state index is -0.0834. The van der Waals surface area contributed by atoms with Gasteiger partial charge in [-0.25, -0.2) is 0 Å². The minimum absolute atomic E-state index is 0.0291. The maximum absolute atomic E-state index is 12.2. The van der Waals surface area contributed by atoms with E-state index in [1.807, 2.05) is 24.3 Å². The van der Waals surface area contributed by atoms with Crippen molar-refractivity contribution in [3.8, 4) is 5.75 Å². The van der Waals surface area contributed by atoms with Crippen LogP contribution in [0.15, 0.2) is 28.7 Å². The standard InChI is InChI=1S/C19H29BrN2O3/c1-3-15(4-2)17(22-9-11-24-12-10-22)13-21-19(23)14-25-18-8-6-5-7-16(18)20/h5-8,15,17H,3-4,9-14H2,1-2H3,(H,21,23). The van der Waals surface area contributed by atoms with Crippen molar-refractivity contribution < 1.29 is 14.3 Å². The molecular formula is C19H29BrN2O3. The van der Waals surface area contributed by atoms with Gasteiger partial charge in [-0.3, -0.25) is 9.69 Å². The Labute approximate surface area is 159 Å². The van der Waals surface area contributed by atoms with Gasteiger partial charge in [0, 0.05) is 25.7 Å². The van der Waals surface area contributed by atoms with Crippen LogP contribution in [0, 0.1) is 5.92 Å². The third kappa shape index (κ3) is 6.28. The highest BCUT2D eigenvalue weighted by molar-refractivity contribution is 9.10. The summed E-state index contributed by atoms with van der Waals surface area (Å²) in [4.78, 5) is 14.7. The molecule has 1 fully saturated rings. The third-order valence-electron chi connectivity index (χ3n) is 4.81. The van der Waals surface area contributed by atoms with Crippen LogP contribution >= 0.6 is 15.9 Å². The van der Waals surface area contributed by atoms with Crippen molar-refractivity contribution in [1.29, 1.82) is 0 Å². The summed E-state index contributed by atoms with van der Waals surface area (Å²) in [6, 6.07) is 7.90. The lowest BCUT2D eigenvalue weighted by Crippen LogP contribution is -2.52. The monoisotopic (exact) mass is 412 g/mol. The lowest BCUT2D eigenvalue weighted by molar-refractivity contribution is -0.123. The molecule has 0 aromatic heterocycles. The van der Waals surface area contributed by atoms with Gasteiger partial charge in [0.05, 0.1) is 17.7 Å². The zero-order valence-corrected chi connectivity index (χ0v) is 16.8. The largest absolute Gasteiger partial charge is 0.483 e. The van der Waals surface area contributed by atoms with Gasteiger partial charge in [0.15, 0.2) is 6.61 Å². The van der Waals surface area contributed by atoms with Gasteiger partial charge in [-0.05, 0) is 34.0 Å². The molecule has 1 aliphatic rings. The normalized spacial score (nSPS) is 16.6. The van der Waals surface area contributed by atoms with E-state index in [2.05, 4.69) is 40.0 Å². The van der Waals surface area contributed by atoms with Gasteiger partial charge in [-0.15, -0.1) is 0 Å². The maximum Gasteiger partial charge on any atom is 0.257 e. The van der Waals surface area contributed by atoms with E-state index in [0.717, 1.165) is 43.6 Å². The number of rotatable bonds is 9. The summed E-state index contributed by atoms with van der Waals surface area (Å²) in [7, 11) is 0. The summed E-state index contributed by atoms with van der Waals surface area (Å²) in [5, 5.41) is 3.06. The van der Waals surface area contributed by atoms with Crippen molar-refractivity contribution in [2.45, 2.75) is 32.7 Å². The van der Waals surface area contributed by atoms with Gasteiger partial charge < -0.3 is 14.8 Å². The maximum atomic E-state index is 12.2. The topological polar surface area (TPSA) is 50.8 Å². The van der Waals surface area contributed by atoms with Crippen LogP contribution in [-0.2, 0) is 9.53 Å². The van der Waals surface area contributed by atoms with Crippen LogP contribution in [0.3, 0.4) is 0 Å². The first-order valence-electron chi connectivity index (χ1n) is 9.11. The van der Waals surface area contributed by atoms with Gasteiger partial charge in [0.2, 0.25) is 0 Å². The first-order valence-corrected chi connectivity index (χ1v) is 9.90. The van der Waals surface area contributed by atoms with Crippen molar-refractivity contribution in [3.05, 3.63) is 28.7 Å². The molecule has 2 rings (SSSR count). The molecule has 1 saturated heterocycles. The van der Waals surface area contributed by atoms with Crippen LogP contribution in [-0.4, -0.2) is 56.3 Å². The molecule has 25 heavy (non-hydrogen) atoms. The molecule has 1 aliphatic heterocycles. The van der Waals surface area contributed by atoms with Crippen molar-refractivity contribution in [2.75, 3.05) is 39.5 Å². The van der Waals surface area contributed by atoms with Gasteiger partial charge >= 0.3 is 0 Å². The second-order valence-electron chi connectivity index (χ2n) is 6.32. The van der Waals surface area contributed by atoms with E-state index in [1.54, 1.807) is 0 Å². The number of nitrogens with one attached hydrogen (secondary N) is 1. The second kappa shape index (κ2) is 10.8. The molecule has 1 amide bonds. The fourth-order valence-corrected chi connectivity index (χ4v) is 3.71. The Morgan fingerprint density at radius 1 is 1.28 bits per heavy atom.